The Morgan fingerprint density at radius 1 is 1.29 bits per heavy atom. The molecular weight excluding hydrogens is 401 g/mol. The Bertz CT molecular complexity index is 1090. The van der Waals surface area contributed by atoms with Crippen LogP contribution in [0.25, 0.3) is 10.6 Å². The molecule has 1 aromatic carbocycles. The highest BCUT2D eigenvalue weighted by atomic mass is 32.2. The smallest absolute Gasteiger partial charge is 0.272 e. The van der Waals surface area contributed by atoms with Crippen molar-refractivity contribution < 1.29 is 17.6 Å². The molecule has 1 aliphatic rings. The quantitative estimate of drug-likeness (QED) is 0.689. The Labute approximate surface area is 165 Å². The van der Waals surface area contributed by atoms with E-state index in [4.69, 9.17) is 0 Å². The molecule has 3 heterocycles. The summed E-state index contributed by atoms with van der Waals surface area (Å²) in [5.41, 5.74) is 1.74. The predicted octanol–water partition coefficient (Wildman–Crippen LogP) is 3.04. The number of nitrogens with zero attached hydrogens (tertiary/aromatic N) is 2. The minimum atomic E-state index is -3.08. The van der Waals surface area contributed by atoms with Crippen molar-refractivity contribution in [3.05, 3.63) is 64.9 Å². The summed E-state index contributed by atoms with van der Waals surface area (Å²) >= 11 is 1.51. The zero-order valence-corrected chi connectivity index (χ0v) is 16.5. The average Bonchev–Trinajstić information content (AvgIpc) is 3.39. The van der Waals surface area contributed by atoms with E-state index in [2.05, 4.69) is 10.4 Å². The molecule has 1 N–H and O–H groups in total. The number of hydrogen-bond acceptors (Lipinski definition) is 5. The van der Waals surface area contributed by atoms with Crippen LogP contribution >= 0.6 is 11.3 Å². The molecule has 28 heavy (non-hydrogen) atoms. The van der Waals surface area contributed by atoms with Crippen LogP contribution in [0, 0.1) is 5.82 Å². The Balaban J connectivity index is 1.58. The standard InChI is InChI=1S/C19H18FN3O3S2/c20-14-5-3-13(4-6-14)11-21-19(24)16-10-17(18-2-1-8-27-18)23(22-16)15-7-9-28(25,26)12-15/h1-6,8,10,15H,7,9,11-12H2,(H,21,24)/t15-/m1/s1. The molecule has 6 nitrogen and oxygen atoms in total. The van der Waals surface area contributed by atoms with Gasteiger partial charge < -0.3 is 5.32 Å². The van der Waals surface area contributed by atoms with Gasteiger partial charge >= 0.3 is 0 Å². The van der Waals surface area contributed by atoms with Crippen LogP contribution < -0.4 is 5.32 Å². The molecule has 4 rings (SSSR count). The maximum Gasteiger partial charge on any atom is 0.272 e. The van der Waals surface area contributed by atoms with Crippen molar-refractivity contribution in [2.75, 3.05) is 11.5 Å². The van der Waals surface area contributed by atoms with Gasteiger partial charge in [0.05, 0.1) is 28.1 Å². The van der Waals surface area contributed by atoms with E-state index in [-0.39, 0.29) is 41.5 Å². The fourth-order valence-electron chi connectivity index (χ4n) is 3.24. The number of carbonyl (C=O) groups excluding carboxylic acids is 1. The monoisotopic (exact) mass is 419 g/mol. The van der Waals surface area contributed by atoms with Gasteiger partial charge in [0.1, 0.15) is 5.82 Å². The number of rotatable bonds is 5. The molecule has 0 bridgehead atoms. The Kier molecular flexibility index (Phi) is 5.03. The highest BCUT2D eigenvalue weighted by molar-refractivity contribution is 7.91. The number of benzene rings is 1. The molecule has 146 valence electrons. The minimum absolute atomic E-state index is 0.0314. The van der Waals surface area contributed by atoms with Gasteiger partial charge in [-0.15, -0.1) is 11.3 Å². The number of carbonyl (C=O) groups is 1. The van der Waals surface area contributed by atoms with Crippen molar-refractivity contribution in [1.29, 1.82) is 0 Å². The number of thiophene rings is 1. The summed E-state index contributed by atoms with van der Waals surface area (Å²) in [4.78, 5) is 13.5. The van der Waals surface area contributed by atoms with Crippen molar-refractivity contribution in [2.24, 2.45) is 0 Å². The molecule has 9 heteroatoms. The summed E-state index contributed by atoms with van der Waals surface area (Å²) in [6.45, 7) is 0.248. The molecule has 0 aliphatic carbocycles. The fourth-order valence-corrected chi connectivity index (χ4v) is 5.66. The zero-order valence-electron chi connectivity index (χ0n) is 14.8. The number of sulfone groups is 1. The molecule has 0 saturated carbocycles. The summed E-state index contributed by atoms with van der Waals surface area (Å²) < 4.78 is 38.4. The Hall–Kier alpha value is -2.52. The average molecular weight is 420 g/mol. The molecule has 1 amide bonds. The van der Waals surface area contributed by atoms with E-state index in [1.54, 1.807) is 22.9 Å². The summed E-state index contributed by atoms with van der Waals surface area (Å²) in [5, 5.41) is 9.13. The lowest BCUT2D eigenvalue weighted by Crippen LogP contribution is -2.24. The van der Waals surface area contributed by atoms with Crippen LogP contribution in [0.5, 0.6) is 0 Å². The van der Waals surface area contributed by atoms with Gasteiger partial charge in [-0.25, -0.2) is 12.8 Å². The number of hydrogen-bond donors (Lipinski definition) is 1. The van der Waals surface area contributed by atoms with Gasteiger partial charge in [0.15, 0.2) is 15.5 Å². The number of aromatic nitrogens is 2. The second-order valence-electron chi connectivity index (χ2n) is 6.70. The van der Waals surface area contributed by atoms with Crippen molar-refractivity contribution in [1.82, 2.24) is 15.1 Å². The second-order valence-corrected chi connectivity index (χ2v) is 9.88. The first-order valence-electron chi connectivity index (χ1n) is 8.78. The predicted molar refractivity (Wildman–Crippen MR) is 105 cm³/mol. The number of amides is 1. The van der Waals surface area contributed by atoms with E-state index in [1.807, 2.05) is 17.5 Å². The number of nitrogens with one attached hydrogen (secondary N) is 1. The maximum absolute atomic E-state index is 13.0. The largest absolute Gasteiger partial charge is 0.347 e. The lowest BCUT2D eigenvalue weighted by Gasteiger charge is -2.12. The minimum Gasteiger partial charge on any atom is -0.347 e. The third-order valence-corrected chi connectivity index (χ3v) is 7.31. The van der Waals surface area contributed by atoms with Crippen LogP contribution in [0.4, 0.5) is 4.39 Å². The first-order valence-corrected chi connectivity index (χ1v) is 11.5. The lowest BCUT2D eigenvalue weighted by atomic mass is 10.2. The van der Waals surface area contributed by atoms with Crippen molar-refractivity contribution in [3.63, 3.8) is 0 Å². The summed E-state index contributed by atoms with van der Waals surface area (Å²) in [7, 11) is -3.08. The third kappa shape index (κ3) is 4.00. The Morgan fingerprint density at radius 3 is 2.71 bits per heavy atom. The molecule has 1 saturated heterocycles. The van der Waals surface area contributed by atoms with E-state index in [0.717, 1.165) is 16.1 Å². The Morgan fingerprint density at radius 2 is 2.07 bits per heavy atom. The first kappa shape index (κ1) is 18.8. The van der Waals surface area contributed by atoms with Crippen LogP contribution in [0.15, 0.2) is 47.8 Å². The van der Waals surface area contributed by atoms with E-state index in [1.165, 1.54) is 23.5 Å². The molecule has 1 aliphatic heterocycles. The van der Waals surface area contributed by atoms with Gasteiger partial charge in [-0.05, 0) is 41.6 Å². The first-order chi connectivity index (χ1) is 13.4. The fraction of sp³-hybridized carbons (Fsp3) is 0.263. The van der Waals surface area contributed by atoms with Crippen LogP contribution in [0.3, 0.4) is 0 Å². The molecule has 2 aromatic heterocycles. The summed E-state index contributed by atoms with van der Waals surface area (Å²) in [6.07, 6.45) is 0.485. The molecule has 3 aromatic rings. The maximum atomic E-state index is 13.0. The van der Waals surface area contributed by atoms with Crippen molar-refractivity contribution in [3.8, 4) is 10.6 Å². The normalized spacial score (nSPS) is 18.2. The summed E-state index contributed by atoms with van der Waals surface area (Å²) in [5.74, 6) is -0.528. The van der Waals surface area contributed by atoms with Gasteiger partial charge in [0.25, 0.3) is 5.91 Å². The van der Waals surface area contributed by atoms with Crippen LogP contribution in [-0.2, 0) is 16.4 Å². The topological polar surface area (TPSA) is 81.1 Å². The highest BCUT2D eigenvalue weighted by Gasteiger charge is 2.32. The molecule has 0 radical (unpaired) electrons. The van der Waals surface area contributed by atoms with E-state index in [9.17, 15) is 17.6 Å². The molecule has 1 fully saturated rings. The summed E-state index contributed by atoms with van der Waals surface area (Å²) in [6, 6.07) is 11.1. The van der Waals surface area contributed by atoms with Gasteiger partial charge in [-0.3, -0.25) is 9.48 Å². The van der Waals surface area contributed by atoms with Gasteiger partial charge in [-0.1, -0.05) is 18.2 Å². The van der Waals surface area contributed by atoms with Crippen molar-refractivity contribution >= 4 is 27.1 Å². The zero-order chi connectivity index (χ0) is 19.7. The SMILES string of the molecule is O=C(NCc1ccc(F)cc1)c1cc(-c2cccs2)n([C@@H]2CCS(=O)(=O)C2)n1. The van der Waals surface area contributed by atoms with Gasteiger partial charge in [0, 0.05) is 6.54 Å². The highest BCUT2D eigenvalue weighted by Crippen LogP contribution is 2.32. The second kappa shape index (κ2) is 7.48. The van der Waals surface area contributed by atoms with Gasteiger partial charge in [-0.2, -0.15) is 5.10 Å². The molecule has 0 spiro atoms. The number of halogens is 1. The van der Waals surface area contributed by atoms with Gasteiger partial charge in [0.2, 0.25) is 0 Å². The molecular formula is C19H18FN3O3S2. The van der Waals surface area contributed by atoms with Crippen molar-refractivity contribution in [2.45, 2.75) is 19.0 Å². The van der Waals surface area contributed by atoms with E-state index in [0.29, 0.717) is 6.42 Å². The molecule has 0 unspecified atom stereocenters. The lowest BCUT2D eigenvalue weighted by molar-refractivity contribution is 0.0945. The third-order valence-electron chi connectivity index (χ3n) is 4.66. The van der Waals surface area contributed by atoms with Crippen LogP contribution in [-0.4, -0.2) is 35.6 Å². The van der Waals surface area contributed by atoms with Crippen LogP contribution in [0.1, 0.15) is 28.5 Å². The molecule has 1 atom stereocenters. The van der Waals surface area contributed by atoms with Crippen LogP contribution in [0.2, 0.25) is 0 Å². The van der Waals surface area contributed by atoms with E-state index < -0.39 is 9.84 Å². The van der Waals surface area contributed by atoms with E-state index >= 15 is 0 Å².